The second kappa shape index (κ2) is 6.60. The van der Waals surface area contributed by atoms with E-state index >= 15 is 0 Å². The summed E-state index contributed by atoms with van der Waals surface area (Å²) in [6.07, 6.45) is 0. The van der Waals surface area contributed by atoms with Crippen molar-refractivity contribution in [3.05, 3.63) is 64.0 Å². The first-order valence-electron chi connectivity index (χ1n) is 7.40. The number of rotatable bonds is 4. The van der Waals surface area contributed by atoms with E-state index in [1.54, 1.807) is 18.2 Å². The van der Waals surface area contributed by atoms with Crippen molar-refractivity contribution in [2.45, 2.75) is 0 Å². The molecule has 1 aromatic heterocycles. The van der Waals surface area contributed by atoms with Gasteiger partial charge in [0.25, 0.3) is 5.91 Å². The molecule has 8 nitrogen and oxygen atoms in total. The molecule has 132 valence electrons. The highest BCUT2D eigenvalue weighted by atomic mass is 16.5. The van der Waals surface area contributed by atoms with Gasteiger partial charge in [-0.25, -0.2) is 9.59 Å². The summed E-state index contributed by atoms with van der Waals surface area (Å²) in [4.78, 5) is 35.6. The number of carbonyl (C=O) groups excluding carboxylic acids is 1. The Bertz CT molecular complexity index is 1080. The minimum atomic E-state index is -1.35. The van der Waals surface area contributed by atoms with Crippen LogP contribution in [0.4, 0.5) is 5.69 Å². The quantitative estimate of drug-likeness (QED) is 0.485. The smallest absolute Gasteiger partial charge is 0.349 e. The van der Waals surface area contributed by atoms with Gasteiger partial charge in [0.2, 0.25) is 0 Å². The number of phenols is 1. The summed E-state index contributed by atoms with van der Waals surface area (Å²) < 4.78 is 10.3. The lowest BCUT2D eigenvalue weighted by Crippen LogP contribution is -2.21. The van der Waals surface area contributed by atoms with Crippen molar-refractivity contribution in [1.82, 2.24) is 0 Å². The topological polar surface area (TPSA) is 126 Å². The number of aromatic carboxylic acids is 1. The zero-order valence-electron chi connectivity index (χ0n) is 13.5. The van der Waals surface area contributed by atoms with Crippen LogP contribution < -0.4 is 15.7 Å². The molecule has 1 heterocycles. The van der Waals surface area contributed by atoms with Crippen molar-refractivity contribution < 1.29 is 29.0 Å². The first-order valence-corrected chi connectivity index (χ1v) is 7.40. The molecule has 3 N–H and O–H groups in total. The summed E-state index contributed by atoms with van der Waals surface area (Å²) in [7, 11) is 1.42. The summed E-state index contributed by atoms with van der Waals surface area (Å²) in [6.45, 7) is 0. The van der Waals surface area contributed by atoms with Crippen molar-refractivity contribution >= 4 is 28.5 Å². The maximum absolute atomic E-state index is 12.4. The second-order valence-corrected chi connectivity index (χ2v) is 5.29. The van der Waals surface area contributed by atoms with Gasteiger partial charge in [0.05, 0.1) is 12.8 Å². The first kappa shape index (κ1) is 17.0. The van der Waals surface area contributed by atoms with Gasteiger partial charge in [-0.1, -0.05) is 18.2 Å². The fourth-order valence-electron chi connectivity index (χ4n) is 2.44. The summed E-state index contributed by atoms with van der Waals surface area (Å²) >= 11 is 0. The number of hydrogen-bond donors (Lipinski definition) is 3. The molecule has 0 unspecified atom stereocenters. The predicted octanol–water partition coefficient (Wildman–Crippen LogP) is 2.46. The number of carbonyl (C=O) groups is 2. The molecule has 0 spiro atoms. The number of amides is 1. The van der Waals surface area contributed by atoms with Gasteiger partial charge < -0.3 is 24.7 Å². The zero-order valence-corrected chi connectivity index (χ0v) is 13.5. The molecule has 0 aliphatic rings. The molecule has 0 fully saturated rings. The number of methoxy groups -OCH3 is 1. The number of anilines is 1. The number of nitrogens with one attached hydrogen (secondary N) is 1. The van der Waals surface area contributed by atoms with Crippen LogP contribution in [0.2, 0.25) is 0 Å². The summed E-state index contributed by atoms with van der Waals surface area (Å²) in [5.41, 5.74) is -1.51. The van der Waals surface area contributed by atoms with E-state index in [9.17, 15) is 19.5 Å². The lowest BCUT2D eigenvalue weighted by atomic mass is 10.1. The van der Waals surface area contributed by atoms with Crippen LogP contribution in [0.15, 0.2) is 51.7 Å². The van der Waals surface area contributed by atoms with Crippen LogP contribution in [-0.4, -0.2) is 29.2 Å². The van der Waals surface area contributed by atoms with E-state index in [1.807, 2.05) is 0 Å². The number of para-hydroxylation sites is 2. The Morgan fingerprint density at radius 3 is 2.54 bits per heavy atom. The number of carboxylic acids is 1. The fourth-order valence-corrected chi connectivity index (χ4v) is 2.44. The molecule has 1 amide bonds. The molecule has 0 aliphatic heterocycles. The molecule has 0 saturated carbocycles. The van der Waals surface area contributed by atoms with Crippen LogP contribution >= 0.6 is 0 Å². The minimum Gasteiger partial charge on any atom is -0.505 e. The van der Waals surface area contributed by atoms with Crippen LogP contribution in [-0.2, 0) is 0 Å². The summed E-state index contributed by atoms with van der Waals surface area (Å²) in [6, 6.07) is 10.1. The predicted molar refractivity (Wildman–Crippen MR) is 92.1 cm³/mol. The molecule has 26 heavy (non-hydrogen) atoms. The highest BCUT2D eigenvalue weighted by Gasteiger charge is 2.19. The van der Waals surface area contributed by atoms with Gasteiger partial charge in [-0.05, 0) is 24.3 Å². The molecule has 0 bridgehead atoms. The number of benzene rings is 2. The fraction of sp³-hybridized carbons (Fsp3) is 0.0556. The van der Waals surface area contributed by atoms with Gasteiger partial charge in [0.1, 0.15) is 11.1 Å². The van der Waals surface area contributed by atoms with E-state index < -0.39 is 23.3 Å². The highest BCUT2D eigenvalue weighted by Crippen LogP contribution is 2.28. The lowest BCUT2D eigenvalue weighted by molar-refractivity contribution is 0.0693. The van der Waals surface area contributed by atoms with E-state index in [0.29, 0.717) is 11.1 Å². The standard InChI is InChI=1S/C18H13NO7/c1-25-13-7-2-4-9-8-11(18(24)26-15(9)13)16(21)19-12-6-3-5-10(14(12)20)17(22)23/h2-8,20H,1H3,(H,19,21)(H,22,23). The van der Waals surface area contributed by atoms with Gasteiger partial charge in [-0.2, -0.15) is 0 Å². The zero-order chi connectivity index (χ0) is 18.8. The van der Waals surface area contributed by atoms with Gasteiger partial charge in [-0.3, -0.25) is 4.79 Å². The number of fused-ring (bicyclic) bond motifs is 1. The molecular formula is C18H13NO7. The Kier molecular flexibility index (Phi) is 4.32. The third-order valence-corrected chi connectivity index (χ3v) is 3.70. The monoisotopic (exact) mass is 355 g/mol. The maximum Gasteiger partial charge on any atom is 0.349 e. The number of carboxylic acid groups (broad SMARTS) is 1. The number of aromatic hydroxyl groups is 1. The van der Waals surface area contributed by atoms with E-state index in [0.717, 1.165) is 0 Å². The molecule has 0 atom stereocenters. The minimum absolute atomic E-state index is 0.139. The van der Waals surface area contributed by atoms with Crippen molar-refractivity contribution in [3.8, 4) is 11.5 Å². The maximum atomic E-state index is 12.4. The highest BCUT2D eigenvalue weighted by molar-refractivity contribution is 6.07. The van der Waals surface area contributed by atoms with Crippen molar-refractivity contribution in [3.63, 3.8) is 0 Å². The molecule has 8 heteroatoms. The Morgan fingerprint density at radius 2 is 1.85 bits per heavy atom. The summed E-state index contributed by atoms with van der Waals surface area (Å²) in [5.74, 6) is -2.46. The van der Waals surface area contributed by atoms with Crippen molar-refractivity contribution in [2.75, 3.05) is 12.4 Å². The van der Waals surface area contributed by atoms with E-state index in [4.69, 9.17) is 14.3 Å². The largest absolute Gasteiger partial charge is 0.505 e. The molecule has 0 radical (unpaired) electrons. The number of hydrogen-bond acceptors (Lipinski definition) is 6. The lowest BCUT2D eigenvalue weighted by Gasteiger charge is -2.09. The Balaban J connectivity index is 2.01. The molecule has 0 saturated heterocycles. The third-order valence-electron chi connectivity index (χ3n) is 3.70. The summed E-state index contributed by atoms with van der Waals surface area (Å²) in [5, 5.41) is 21.7. The van der Waals surface area contributed by atoms with Gasteiger partial charge in [-0.15, -0.1) is 0 Å². The van der Waals surface area contributed by atoms with Crippen LogP contribution in [0, 0.1) is 0 Å². The van der Waals surface area contributed by atoms with Gasteiger partial charge >= 0.3 is 11.6 Å². The normalized spacial score (nSPS) is 10.5. The molecule has 0 aliphatic carbocycles. The average molecular weight is 355 g/mol. The SMILES string of the molecule is COc1cccc2cc(C(=O)Nc3cccc(C(=O)O)c3O)c(=O)oc12. The molecular weight excluding hydrogens is 342 g/mol. The Labute approximate surface area is 146 Å². The molecule has 3 aromatic rings. The molecule has 2 aromatic carbocycles. The van der Waals surface area contributed by atoms with E-state index in [2.05, 4.69) is 5.32 Å². The van der Waals surface area contributed by atoms with Crippen LogP contribution in [0.1, 0.15) is 20.7 Å². The van der Waals surface area contributed by atoms with E-state index in [1.165, 1.54) is 31.4 Å². The molecule has 3 rings (SSSR count). The van der Waals surface area contributed by atoms with Gasteiger partial charge in [0.15, 0.2) is 17.1 Å². The van der Waals surface area contributed by atoms with Gasteiger partial charge in [0, 0.05) is 5.39 Å². The third kappa shape index (κ3) is 2.95. The first-order chi connectivity index (χ1) is 12.4. The Morgan fingerprint density at radius 1 is 1.12 bits per heavy atom. The van der Waals surface area contributed by atoms with Crippen LogP contribution in [0.25, 0.3) is 11.0 Å². The second-order valence-electron chi connectivity index (χ2n) is 5.29. The number of ether oxygens (including phenoxy) is 1. The van der Waals surface area contributed by atoms with Crippen molar-refractivity contribution in [2.24, 2.45) is 0 Å². The van der Waals surface area contributed by atoms with Crippen LogP contribution in [0.3, 0.4) is 0 Å². The van der Waals surface area contributed by atoms with Crippen LogP contribution in [0.5, 0.6) is 11.5 Å². The Hall–Kier alpha value is -3.81. The van der Waals surface area contributed by atoms with E-state index in [-0.39, 0.29) is 22.4 Å². The average Bonchev–Trinajstić information content (AvgIpc) is 2.62. The van der Waals surface area contributed by atoms with Crippen molar-refractivity contribution in [1.29, 1.82) is 0 Å².